The fourth-order valence-corrected chi connectivity index (χ4v) is 3.32. The van der Waals surface area contributed by atoms with Crippen molar-refractivity contribution in [1.82, 2.24) is 14.6 Å². The van der Waals surface area contributed by atoms with E-state index in [1.807, 2.05) is 0 Å². The van der Waals surface area contributed by atoms with E-state index in [0.29, 0.717) is 28.2 Å². The van der Waals surface area contributed by atoms with E-state index in [4.69, 9.17) is 0 Å². The van der Waals surface area contributed by atoms with Gasteiger partial charge in [-0.3, -0.25) is 9.20 Å². The molecule has 0 aliphatic rings. The lowest BCUT2D eigenvalue weighted by Crippen LogP contribution is -2.17. The third-order valence-corrected chi connectivity index (χ3v) is 4.59. The molecule has 4 rings (SSSR count). The second kappa shape index (κ2) is 8.81. The van der Waals surface area contributed by atoms with Crippen LogP contribution in [0.4, 0.5) is 32.0 Å². The molecule has 0 unspecified atom stereocenters. The molecule has 2 aromatic heterocycles. The van der Waals surface area contributed by atoms with Crippen LogP contribution < -0.4 is 14.8 Å². The van der Waals surface area contributed by atoms with E-state index in [-0.39, 0.29) is 5.69 Å². The number of aromatic nitrogens is 3. The summed E-state index contributed by atoms with van der Waals surface area (Å²) < 4.78 is 84.4. The predicted molar refractivity (Wildman–Crippen MR) is 112 cm³/mol. The van der Waals surface area contributed by atoms with Crippen LogP contribution in [0.1, 0.15) is 6.92 Å². The lowest BCUT2D eigenvalue weighted by atomic mass is 10.0. The third kappa shape index (κ3) is 5.80. The summed E-state index contributed by atoms with van der Waals surface area (Å²) in [6, 6.07) is 11.7. The van der Waals surface area contributed by atoms with Crippen molar-refractivity contribution < 1.29 is 40.6 Å². The molecule has 182 valence electrons. The number of amides is 1. The zero-order chi connectivity index (χ0) is 25.4. The van der Waals surface area contributed by atoms with Gasteiger partial charge in [0.2, 0.25) is 5.91 Å². The summed E-state index contributed by atoms with van der Waals surface area (Å²) in [5.74, 6) is -1.14. The van der Waals surface area contributed by atoms with Gasteiger partial charge in [-0.15, -0.1) is 36.5 Å². The number of nitrogens with one attached hydrogen (secondary N) is 1. The summed E-state index contributed by atoms with van der Waals surface area (Å²) >= 11 is 0. The predicted octanol–water partition coefficient (Wildman–Crippen LogP) is 5.82. The maximum absolute atomic E-state index is 12.6. The number of alkyl halides is 6. The molecule has 0 radical (unpaired) electrons. The average Bonchev–Trinajstić information content (AvgIpc) is 3.15. The highest BCUT2D eigenvalue weighted by Gasteiger charge is 2.32. The van der Waals surface area contributed by atoms with Gasteiger partial charge in [-0.25, -0.2) is 0 Å². The molecule has 0 fully saturated rings. The minimum atomic E-state index is -4.91. The number of benzene rings is 2. The maximum atomic E-state index is 12.6. The highest BCUT2D eigenvalue weighted by molar-refractivity contribution is 5.94. The van der Waals surface area contributed by atoms with Crippen molar-refractivity contribution in [3.63, 3.8) is 0 Å². The second-order valence-corrected chi connectivity index (χ2v) is 7.18. The molecular weight excluding hydrogens is 482 g/mol. The van der Waals surface area contributed by atoms with Crippen LogP contribution >= 0.6 is 0 Å². The van der Waals surface area contributed by atoms with Gasteiger partial charge in [0.15, 0.2) is 11.5 Å². The van der Waals surface area contributed by atoms with Crippen molar-refractivity contribution in [3.8, 4) is 34.0 Å². The maximum Gasteiger partial charge on any atom is 0.573 e. The van der Waals surface area contributed by atoms with Crippen LogP contribution in [0.25, 0.3) is 28.2 Å². The number of hydrogen-bond donors (Lipinski definition) is 1. The van der Waals surface area contributed by atoms with Gasteiger partial charge in [0.05, 0.1) is 5.69 Å². The van der Waals surface area contributed by atoms with Crippen molar-refractivity contribution in [2.45, 2.75) is 19.6 Å². The molecule has 35 heavy (non-hydrogen) atoms. The van der Waals surface area contributed by atoms with Gasteiger partial charge in [-0.1, -0.05) is 0 Å². The number of fused-ring (bicyclic) bond motifs is 1. The first kappa shape index (κ1) is 23.9. The van der Waals surface area contributed by atoms with Crippen LogP contribution in [0.15, 0.2) is 60.8 Å². The SMILES string of the molecule is CC(=O)Nc1cc(OC(F)(F)F)ccc1-c1ccc2nnc(-c3ccc(OC(F)(F)F)cc3)n2c1. The van der Waals surface area contributed by atoms with E-state index < -0.39 is 30.1 Å². The first-order chi connectivity index (χ1) is 16.4. The highest BCUT2D eigenvalue weighted by Crippen LogP contribution is 2.34. The van der Waals surface area contributed by atoms with E-state index in [0.717, 1.165) is 24.3 Å². The van der Waals surface area contributed by atoms with E-state index >= 15 is 0 Å². The van der Waals surface area contributed by atoms with Crippen LogP contribution in [0.5, 0.6) is 11.5 Å². The number of carbonyl (C=O) groups is 1. The van der Waals surface area contributed by atoms with Crippen molar-refractivity contribution in [2.75, 3.05) is 5.32 Å². The number of ether oxygens (including phenoxy) is 2. The second-order valence-electron chi connectivity index (χ2n) is 7.18. The molecule has 0 saturated carbocycles. The number of nitrogens with zero attached hydrogens (tertiary/aromatic N) is 3. The van der Waals surface area contributed by atoms with Crippen molar-refractivity contribution in [3.05, 3.63) is 60.8 Å². The largest absolute Gasteiger partial charge is 0.573 e. The average molecular weight is 496 g/mol. The van der Waals surface area contributed by atoms with Gasteiger partial charge < -0.3 is 14.8 Å². The summed E-state index contributed by atoms with van der Waals surface area (Å²) in [6.45, 7) is 1.20. The Hall–Kier alpha value is -4.29. The van der Waals surface area contributed by atoms with E-state index in [9.17, 15) is 31.1 Å². The molecule has 13 heteroatoms. The molecule has 1 N–H and O–H groups in total. The van der Waals surface area contributed by atoms with E-state index in [2.05, 4.69) is 25.0 Å². The van der Waals surface area contributed by atoms with Crippen LogP contribution in [-0.4, -0.2) is 33.2 Å². The van der Waals surface area contributed by atoms with E-state index in [1.165, 1.54) is 25.1 Å². The molecule has 0 aliphatic carbocycles. The topological polar surface area (TPSA) is 77.8 Å². The Morgan fingerprint density at radius 3 is 2.06 bits per heavy atom. The number of hydrogen-bond acceptors (Lipinski definition) is 5. The van der Waals surface area contributed by atoms with Gasteiger partial charge >= 0.3 is 12.7 Å². The van der Waals surface area contributed by atoms with Crippen LogP contribution in [-0.2, 0) is 4.79 Å². The van der Waals surface area contributed by atoms with Gasteiger partial charge in [0.25, 0.3) is 0 Å². The van der Waals surface area contributed by atoms with Crippen molar-refractivity contribution in [2.24, 2.45) is 0 Å². The molecule has 4 aromatic rings. The van der Waals surface area contributed by atoms with Gasteiger partial charge in [-0.2, -0.15) is 0 Å². The lowest BCUT2D eigenvalue weighted by Gasteiger charge is -2.14. The molecule has 0 spiro atoms. The fourth-order valence-electron chi connectivity index (χ4n) is 3.32. The van der Waals surface area contributed by atoms with Crippen LogP contribution in [0.2, 0.25) is 0 Å². The first-order valence-corrected chi connectivity index (χ1v) is 9.77. The summed E-state index contributed by atoms with van der Waals surface area (Å²) in [4.78, 5) is 11.6. The minimum Gasteiger partial charge on any atom is -0.406 e. The Morgan fingerprint density at radius 1 is 0.829 bits per heavy atom. The first-order valence-electron chi connectivity index (χ1n) is 9.77. The Kier molecular flexibility index (Phi) is 6.01. The summed E-state index contributed by atoms with van der Waals surface area (Å²) in [5.41, 5.74) is 1.77. The highest BCUT2D eigenvalue weighted by atomic mass is 19.4. The third-order valence-electron chi connectivity index (χ3n) is 4.59. The Labute approximate surface area is 192 Å². The number of anilines is 1. The lowest BCUT2D eigenvalue weighted by molar-refractivity contribution is -0.275. The number of rotatable bonds is 5. The zero-order valence-electron chi connectivity index (χ0n) is 17.6. The molecule has 1 amide bonds. The molecule has 0 atom stereocenters. The van der Waals surface area contributed by atoms with Gasteiger partial charge in [0.1, 0.15) is 11.5 Å². The zero-order valence-corrected chi connectivity index (χ0v) is 17.6. The molecular formula is C22H14F6N4O3. The van der Waals surface area contributed by atoms with Gasteiger partial charge in [-0.05, 0) is 48.5 Å². The summed E-state index contributed by atoms with van der Waals surface area (Å²) in [5, 5.41) is 10.6. The van der Waals surface area contributed by atoms with Crippen molar-refractivity contribution >= 4 is 17.2 Å². The number of halogens is 6. The molecule has 0 saturated heterocycles. The molecule has 0 aliphatic heterocycles. The fraction of sp³-hybridized carbons (Fsp3) is 0.136. The van der Waals surface area contributed by atoms with E-state index in [1.54, 1.807) is 22.7 Å². The minimum absolute atomic E-state index is 0.0712. The molecule has 7 nitrogen and oxygen atoms in total. The molecule has 0 bridgehead atoms. The monoisotopic (exact) mass is 496 g/mol. The number of carbonyl (C=O) groups excluding carboxylic acids is 1. The smallest absolute Gasteiger partial charge is 0.406 e. The number of pyridine rings is 1. The standard InChI is InChI=1S/C22H14F6N4O3/c1-12(33)29-18-10-16(35-22(26,27)28)7-8-17(18)14-4-9-19-30-31-20(32(19)11-14)13-2-5-15(6-3-13)34-21(23,24)25/h2-11H,1H3,(H,29,33). The van der Waals surface area contributed by atoms with Gasteiger partial charge in [0, 0.05) is 35.9 Å². The molecule has 2 heterocycles. The van der Waals surface area contributed by atoms with Crippen LogP contribution in [0, 0.1) is 0 Å². The Balaban J connectivity index is 1.73. The quantitative estimate of drug-likeness (QED) is 0.353. The summed E-state index contributed by atoms with van der Waals surface area (Å²) in [7, 11) is 0. The van der Waals surface area contributed by atoms with Crippen molar-refractivity contribution in [1.29, 1.82) is 0 Å². The molecule has 2 aromatic carbocycles. The normalized spacial score (nSPS) is 12.0. The Bertz CT molecular complexity index is 1380. The Morgan fingerprint density at radius 2 is 1.43 bits per heavy atom. The summed E-state index contributed by atoms with van der Waals surface area (Å²) in [6.07, 6.45) is -8.16. The van der Waals surface area contributed by atoms with Crippen LogP contribution in [0.3, 0.4) is 0 Å².